The maximum absolute atomic E-state index is 9.05. The summed E-state index contributed by atoms with van der Waals surface area (Å²) in [6.45, 7) is 1.92. The summed E-state index contributed by atoms with van der Waals surface area (Å²) in [4.78, 5) is 4.66. The standard InChI is InChI=1S/C34H24N2/c1-23-35-31-17-9-10-18-32(31)36(23)26-21-19-25(20-22-26)34-29-15-7-5-13-27(29)33(24-11-3-2-4-12-24)28-14-6-8-16-30(28)34/h2-22H,1H3/i5D,6D,7D,8D,13D,14D,15D,16D. The maximum atomic E-state index is 9.05. The van der Waals surface area contributed by atoms with E-state index < -0.39 is 24.2 Å². The van der Waals surface area contributed by atoms with E-state index in [1.165, 1.54) is 0 Å². The molecule has 0 bridgehead atoms. The quantitative estimate of drug-likeness (QED) is 0.237. The second-order valence-corrected chi connectivity index (χ2v) is 8.65. The zero-order chi connectivity index (χ0) is 31.0. The number of aromatic nitrogens is 2. The molecule has 0 radical (unpaired) electrons. The van der Waals surface area contributed by atoms with Crippen molar-refractivity contribution in [2.45, 2.75) is 6.92 Å². The summed E-state index contributed by atoms with van der Waals surface area (Å²) in [5.74, 6) is 0.797. The van der Waals surface area contributed by atoms with Gasteiger partial charge in [0.05, 0.1) is 22.0 Å². The molecule has 0 fully saturated rings. The predicted octanol–water partition coefficient (Wildman–Crippen LogP) is 8.97. The van der Waals surface area contributed by atoms with Crippen molar-refractivity contribution in [3.05, 3.63) is 133 Å². The van der Waals surface area contributed by atoms with E-state index in [-0.39, 0.29) is 45.7 Å². The third kappa shape index (κ3) is 3.15. The van der Waals surface area contributed by atoms with Gasteiger partial charge in [0.1, 0.15) is 5.82 Å². The molecule has 0 unspecified atom stereocenters. The third-order valence-corrected chi connectivity index (χ3v) is 6.58. The molecule has 1 aromatic heterocycles. The maximum Gasteiger partial charge on any atom is 0.111 e. The Morgan fingerprint density at radius 2 is 1.08 bits per heavy atom. The minimum Gasteiger partial charge on any atom is -0.297 e. The molecule has 0 atom stereocenters. The molecule has 7 rings (SSSR count). The van der Waals surface area contributed by atoms with Crippen molar-refractivity contribution in [1.29, 1.82) is 0 Å². The normalized spacial score (nSPS) is 14.6. The average Bonchev–Trinajstić information content (AvgIpc) is 3.39. The monoisotopic (exact) mass is 468 g/mol. The van der Waals surface area contributed by atoms with Crippen LogP contribution in [0, 0.1) is 6.92 Å². The summed E-state index contributed by atoms with van der Waals surface area (Å²) in [5, 5.41) is 0.805. The number of benzene rings is 6. The van der Waals surface area contributed by atoms with Crippen LogP contribution < -0.4 is 0 Å². The van der Waals surface area contributed by atoms with Gasteiger partial charge in [-0.15, -0.1) is 0 Å². The number of hydrogen-bond donors (Lipinski definition) is 0. The van der Waals surface area contributed by atoms with E-state index in [1.54, 1.807) is 24.3 Å². The van der Waals surface area contributed by atoms with Crippen molar-refractivity contribution in [2.24, 2.45) is 0 Å². The van der Waals surface area contributed by atoms with Gasteiger partial charge in [0.15, 0.2) is 0 Å². The summed E-state index contributed by atoms with van der Waals surface area (Å²) < 4.78 is 72.3. The van der Waals surface area contributed by atoms with Crippen LogP contribution in [-0.4, -0.2) is 9.55 Å². The van der Waals surface area contributed by atoms with Gasteiger partial charge >= 0.3 is 0 Å². The highest BCUT2D eigenvalue weighted by Crippen LogP contribution is 2.43. The average molecular weight is 469 g/mol. The lowest BCUT2D eigenvalue weighted by Crippen LogP contribution is -1.97. The lowest BCUT2D eigenvalue weighted by Gasteiger charge is -2.18. The molecule has 0 aliphatic carbocycles. The first-order valence-electron chi connectivity index (χ1n) is 15.7. The van der Waals surface area contributed by atoms with Crippen LogP contribution in [-0.2, 0) is 0 Å². The minimum absolute atomic E-state index is 0.199. The fourth-order valence-electron chi connectivity index (χ4n) is 5.06. The second kappa shape index (κ2) is 8.21. The zero-order valence-corrected chi connectivity index (χ0v) is 19.4. The van der Waals surface area contributed by atoms with E-state index in [0.717, 1.165) is 22.5 Å². The highest BCUT2D eigenvalue weighted by Gasteiger charge is 2.16. The van der Waals surface area contributed by atoms with Crippen LogP contribution >= 0.6 is 0 Å². The molecule has 0 saturated carbocycles. The smallest absolute Gasteiger partial charge is 0.111 e. The highest BCUT2D eigenvalue weighted by atomic mass is 15.1. The van der Waals surface area contributed by atoms with Crippen LogP contribution in [0.1, 0.15) is 16.8 Å². The molecule has 6 aromatic carbocycles. The number of para-hydroxylation sites is 2. The Morgan fingerprint density at radius 3 is 1.67 bits per heavy atom. The Bertz CT molecular complexity index is 2230. The zero-order valence-electron chi connectivity index (χ0n) is 27.4. The Balaban J connectivity index is 1.66. The number of rotatable bonds is 3. The molecule has 0 saturated heterocycles. The molecule has 0 aliphatic rings. The summed E-state index contributed by atoms with van der Waals surface area (Å²) >= 11 is 0. The minimum atomic E-state index is -0.417. The third-order valence-electron chi connectivity index (χ3n) is 6.58. The topological polar surface area (TPSA) is 17.8 Å². The summed E-state index contributed by atoms with van der Waals surface area (Å²) in [6, 6.07) is 21.4. The van der Waals surface area contributed by atoms with E-state index in [0.29, 0.717) is 22.3 Å². The van der Waals surface area contributed by atoms with Gasteiger partial charge in [-0.1, -0.05) is 103 Å². The molecule has 170 valence electrons. The molecule has 0 amide bonds. The molecule has 2 heteroatoms. The fourth-order valence-corrected chi connectivity index (χ4v) is 5.06. The molecule has 2 nitrogen and oxygen atoms in total. The SMILES string of the molecule is [2H]c1c([2H])c([2H])c2c(-c3ccc(-n4c(C)nc5ccccc54)cc3)c3c([2H])c([2H])c([2H])c([2H])c3c(-c3ccccc3)c2c1[2H]. The number of hydrogen-bond acceptors (Lipinski definition) is 1. The van der Waals surface area contributed by atoms with Crippen LogP contribution in [0.25, 0.3) is 60.5 Å². The summed E-state index contributed by atoms with van der Waals surface area (Å²) in [6.07, 6.45) is 0. The molecule has 1 heterocycles. The first kappa shape index (κ1) is 14.0. The van der Waals surface area contributed by atoms with E-state index in [9.17, 15) is 0 Å². The largest absolute Gasteiger partial charge is 0.297 e. The van der Waals surface area contributed by atoms with Crippen LogP contribution in [0.5, 0.6) is 0 Å². The van der Waals surface area contributed by atoms with Gasteiger partial charge in [-0.05, 0) is 75.0 Å². The van der Waals surface area contributed by atoms with Crippen LogP contribution in [0.15, 0.2) is 127 Å². The predicted molar refractivity (Wildman–Crippen MR) is 152 cm³/mol. The van der Waals surface area contributed by atoms with E-state index in [1.807, 2.05) is 66.1 Å². The van der Waals surface area contributed by atoms with Gasteiger partial charge in [-0.3, -0.25) is 4.57 Å². The Labute approximate surface area is 221 Å². The van der Waals surface area contributed by atoms with Crippen molar-refractivity contribution in [1.82, 2.24) is 9.55 Å². The van der Waals surface area contributed by atoms with Gasteiger partial charge in [0, 0.05) is 5.69 Å². The Kier molecular flexibility index (Phi) is 3.20. The lowest BCUT2D eigenvalue weighted by atomic mass is 9.86. The number of aryl methyl sites for hydroxylation is 1. The van der Waals surface area contributed by atoms with Crippen molar-refractivity contribution < 1.29 is 11.0 Å². The van der Waals surface area contributed by atoms with E-state index >= 15 is 0 Å². The number of fused-ring (bicyclic) bond motifs is 3. The molecule has 36 heavy (non-hydrogen) atoms. The number of nitrogens with zero attached hydrogens (tertiary/aromatic N) is 2. The fraction of sp³-hybridized carbons (Fsp3) is 0.0294. The Morgan fingerprint density at radius 1 is 0.583 bits per heavy atom. The first-order chi connectivity index (χ1) is 21.1. The number of imidazole rings is 1. The van der Waals surface area contributed by atoms with Crippen molar-refractivity contribution in [2.75, 3.05) is 0 Å². The summed E-state index contributed by atoms with van der Waals surface area (Å²) in [5.41, 5.74) is 4.43. The summed E-state index contributed by atoms with van der Waals surface area (Å²) in [7, 11) is 0. The van der Waals surface area contributed by atoms with Crippen LogP contribution in [0.2, 0.25) is 0 Å². The van der Waals surface area contributed by atoms with Crippen molar-refractivity contribution in [3.8, 4) is 27.9 Å². The Hall–Kier alpha value is -4.69. The molecule has 0 spiro atoms. The van der Waals surface area contributed by atoms with Crippen molar-refractivity contribution in [3.63, 3.8) is 0 Å². The molecule has 7 aromatic rings. The van der Waals surface area contributed by atoms with E-state index in [4.69, 9.17) is 11.0 Å². The van der Waals surface area contributed by atoms with Gasteiger partial charge in [0.25, 0.3) is 0 Å². The van der Waals surface area contributed by atoms with Crippen LogP contribution in [0.3, 0.4) is 0 Å². The van der Waals surface area contributed by atoms with Gasteiger partial charge in [0.2, 0.25) is 0 Å². The first-order valence-corrected chi connectivity index (χ1v) is 11.7. The van der Waals surface area contributed by atoms with Gasteiger partial charge in [-0.2, -0.15) is 0 Å². The van der Waals surface area contributed by atoms with E-state index in [2.05, 4.69) is 4.98 Å². The van der Waals surface area contributed by atoms with Crippen molar-refractivity contribution >= 4 is 32.6 Å². The van der Waals surface area contributed by atoms with Gasteiger partial charge < -0.3 is 0 Å². The lowest BCUT2D eigenvalue weighted by molar-refractivity contribution is 1.00. The van der Waals surface area contributed by atoms with Gasteiger partial charge in [-0.25, -0.2) is 4.98 Å². The van der Waals surface area contributed by atoms with Crippen LogP contribution in [0.4, 0.5) is 0 Å². The molecular formula is C34H24N2. The molecular weight excluding hydrogens is 436 g/mol. The molecule has 0 N–H and O–H groups in total. The second-order valence-electron chi connectivity index (χ2n) is 8.65. The molecule has 0 aliphatic heterocycles. The highest BCUT2D eigenvalue weighted by molar-refractivity contribution is 6.21.